The fourth-order valence-corrected chi connectivity index (χ4v) is 3.40. The molecule has 0 fully saturated rings. The van der Waals surface area contributed by atoms with E-state index in [0.29, 0.717) is 22.6 Å². The van der Waals surface area contributed by atoms with Gasteiger partial charge in [-0.2, -0.15) is 18.4 Å². The number of H-pyrrole nitrogens is 1. The van der Waals surface area contributed by atoms with Gasteiger partial charge in [-0.1, -0.05) is 30.3 Å². The minimum atomic E-state index is -4.50. The Morgan fingerprint density at radius 3 is 2.61 bits per heavy atom. The summed E-state index contributed by atoms with van der Waals surface area (Å²) in [5, 5.41) is 14.9. The molecule has 33 heavy (non-hydrogen) atoms. The number of benzene rings is 3. The Bertz CT molecular complexity index is 1310. The molecule has 0 aliphatic carbocycles. The van der Waals surface area contributed by atoms with Crippen LogP contribution in [0.1, 0.15) is 33.1 Å². The molecule has 9 heteroatoms. The molecular formula is C24H18F3N5O. The van der Waals surface area contributed by atoms with Gasteiger partial charge in [0, 0.05) is 12.1 Å². The highest BCUT2D eigenvalue weighted by molar-refractivity contribution is 5.94. The van der Waals surface area contributed by atoms with Crippen LogP contribution in [0.4, 0.5) is 19.1 Å². The standard InChI is InChI=1S/C24H18F3N5O/c25-24(26,27)18-8-4-6-16(12-18)21(32-23-30-19-9-1-2-10-20(19)31-23)14-29-22(33)17-7-3-5-15(11-17)13-28/h1-12,21H,14H2,(H,29,33)(H2,30,31,32). The predicted molar refractivity (Wildman–Crippen MR) is 117 cm³/mol. The maximum absolute atomic E-state index is 13.3. The van der Waals surface area contributed by atoms with Crippen LogP contribution in [0.25, 0.3) is 11.0 Å². The first-order valence-electron chi connectivity index (χ1n) is 10.0. The predicted octanol–water partition coefficient (Wildman–Crippen LogP) is 5.04. The summed E-state index contributed by atoms with van der Waals surface area (Å²) >= 11 is 0. The van der Waals surface area contributed by atoms with Crippen molar-refractivity contribution in [1.82, 2.24) is 15.3 Å². The average Bonchev–Trinajstić information content (AvgIpc) is 3.23. The molecule has 1 aromatic heterocycles. The molecule has 166 valence electrons. The van der Waals surface area contributed by atoms with Gasteiger partial charge in [-0.25, -0.2) is 4.98 Å². The molecule has 4 aromatic rings. The van der Waals surface area contributed by atoms with Gasteiger partial charge in [-0.05, 0) is 48.0 Å². The number of carbonyl (C=O) groups is 1. The molecule has 0 aliphatic rings. The number of rotatable bonds is 6. The molecule has 0 bridgehead atoms. The topological polar surface area (TPSA) is 93.6 Å². The second-order valence-corrected chi connectivity index (χ2v) is 7.33. The summed E-state index contributed by atoms with van der Waals surface area (Å²) in [6.45, 7) is -0.0199. The van der Waals surface area contributed by atoms with Gasteiger partial charge >= 0.3 is 6.18 Å². The molecule has 1 atom stereocenters. The van der Waals surface area contributed by atoms with Gasteiger partial charge in [-0.15, -0.1) is 0 Å². The summed E-state index contributed by atoms with van der Waals surface area (Å²) in [6, 6.07) is 19.6. The van der Waals surface area contributed by atoms with E-state index in [2.05, 4.69) is 20.6 Å². The number of anilines is 1. The summed E-state index contributed by atoms with van der Waals surface area (Å²) in [5.41, 5.74) is 1.61. The molecule has 6 nitrogen and oxygen atoms in total. The quantitative estimate of drug-likeness (QED) is 0.385. The number of nitriles is 1. The molecule has 1 heterocycles. The Hall–Kier alpha value is -4.32. The average molecular weight is 449 g/mol. The molecule has 4 rings (SSSR count). The number of para-hydroxylation sites is 2. The first-order chi connectivity index (χ1) is 15.8. The van der Waals surface area contributed by atoms with Crippen LogP contribution in [-0.4, -0.2) is 22.4 Å². The number of imidazole rings is 1. The van der Waals surface area contributed by atoms with E-state index >= 15 is 0 Å². The minimum absolute atomic E-state index is 0.0199. The SMILES string of the molecule is N#Cc1cccc(C(=O)NCC(Nc2nc3ccccc3[nH]2)c2cccc(C(F)(F)F)c2)c1. The van der Waals surface area contributed by atoms with Gasteiger partial charge in [-0.3, -0.25) is 4.79 Å². The summed E-state index contributed by atoms with van der Waals surface area (Å²) in [7, 11) is 0. The highest BCUT2D eigenvalue weighted by atomic mass is 19.4. The number of nitrogens with zero attached hydrogens (tertiary/aromatic N) is 2. The fraction of sp³-hybridized carbons (Fsp3) is 0.125. The maximum Gasteiger partial charge on any atom is 0.416 e. The summed E-state index contributed by atoms with van der Waals surface area (Å²) in [4.78, 5) is 20.1. The van der Waals surface area contributed by atoms with Crippen LogP contribution in [0.2, 0.25) is 0 Å². The largest absolute Gasteiger partial charge is 0.416 e. The summed E-state index contributed by atoms with van der Waals surface area (Å²) in [6.07, 6.45) is -4.50. The zero-order chi connectivity index (χ0) is 23.4. The van der Waals surface area contributed by atoms with E-state index in [-0.39, 0.29) is 12.1 Å². The number of carbonyl (C=O) groups excluding carboxylic acids is 1. The van der Waals surface area contributed by atoms with Crippen LogP contribution >= 0.6 is 0 Å². The van der Waals surface area contributed by atoms with E-state index in [1.54, 1.807) is 30.3 Å². The first-order valence-corrected chi connectivity index (χ1v) is 10.0. The van der Waals surface area contributed by atoms with Crippen molar-refractivity contribution in [2.45, 2.75) is 12.2 Å². The lowest BCUT2D eigenvalue weighted by Crippen LogP contribution is -2.32. The van der Waals surface area contributed by atoms with Crippen molar-refractivity contribution in [3.05, 3.63) is 95.1 Å². The van der Waals surface area contributed by atoms with Gasteiger partial charge in [0.1, 0.15) is 0 Å². The van der Waals surface area contributed by atoms with E-state index in [4.69, 9.17) is 5.26 Å². The van der Waals surface area contributed by atoms with Crippen molar-refractivity contribution in [3.63, 3.8) is 0 Å². The van der Waals surface area contributed by atoms with Crippen molar-refractivity contribution in [2.24, 2.45) is 0 Å². The minimum Gasteiger partial charge on any atom is -0.350 e. The molecule has 0 saturated carbocycles. The summed E-state index contributed by atoms with van der Waals surface area (Å²) < 4.78 is 39.8. The Morgan fingerprint density at radius 2 is 1.85 bits per heavy atom. The Kier molecular flexibility index (Phi) is 6.00. The zero-order valence-electron chi connectivity index (χ0n) is 17.1. The molecule has 1 amide bonds. The van der Waals surface area contributed by atoms with Crippen molar-refractivity contribution >= 4 is 22.9 Å². The van der Waals surface area contributed by atoms with Crippen LogP contribution in [0.15, 0.2) is 72.8 Å². The molecule has 3 N–H and O–H groups in total. The maximum atomic E-state index is 13.3. The third-order valence-electron chi connectivity index (χ3n) is 5.04. The number of halogens is 3. The van der Waals surface area contributed by atoms with E-state index in [1.807, 2.05) is 24.3 Å². The molecule has 1 unspecified atom stereocenters. The van der Waals surface area contributed by atoms with E-state index in [0.717, 1.165) is 17.6 Å². The monoisotopic (exact) mass is 449 g/mol. The molecule has 0 aliphatic heterocycles. The van der Waals surface area contributed by atoms with Crippen molar-refractivity contribution in [2.75, 3.05) is 11.9 Å². The second-order valence-electron chi connectivity index (χ2n) is 7.33. The van der Waals surface area contributed by atoms with Crippen molar-refractivity contribution in [3.8, 4) is 6.07 Å². The van der Waals surface area contributed by atoms with Crippen LogP contribution in [-0.2, 0) is 6.18 Å². The highest BCUT2D eigenvalue weighted by Crippen LogP contribution is 2.31. The number of fused-ring (bicyclic) bond motifs is 1. The van der Waals surface area contributed by atoms with Gasteiger partial charge in [0.2, 0.25) is 5.95 Å². The van der Waals surface area contributed by atoms with Gasteiger partial charge in [0.15, 0.2) is 0 Å². The van der Waals surface area contributed by atoms with Gasteiger partial charge in [0.05, 0.1) is 34.3 Å². The Balaban J connectivity index is 1.60. The number of hydrogen-bond acceptors (Lipinski definition) is 4. The third kappa shape index (κ3) is 5.13. The fourth-order valence-electron chi connectivity index (χ4n) is 3.40. The van der Waals surface area contributed by atoms with E-state index in [9.17, 15) is 18.0 Å². The van der Waals surface area contributed by atoms with Gasteiger partial charge < -0.3 is 15.6 Å². The van der Waals surface area contributed by atoms with Gasteiger partial charge in [0.25, 0.3) is 5.91 Å². The van der Waals surface area contributed by atoms with E-state index < -0.39 is 23.7 Å². The smallest absolute Gasteiger partial charge is 0.350 e. The zero-order valence-corrected chi connectivity index (χ0v) is 17.1. The lowest BCUT2D eigenvalue weighted by Gasteiger charge is -2.21. The molecule has 3 aromatic carbocycles. The van der Waals surface area contributed by atoms with Crippen molar-refractivity contribution in [1.29, 1.82) is 5.26 Å². The highest BCUT2D eigenvalue weighted by Gasteiger charge is 2.31. The lowest BCUT2D eigenvalue weighted by atomic mass is 10.0. The molecule has 0 spiro atoms. The Labute approximate surface area is 187 Å². The first kappa shape index (κ1) is 21.9. The number of aromatic nitrogens is 2. The number of amides is 1. The second kappa shape index (κ2) is 9.04. The number of hydrogen-bond donors (Lipinski definition) is 3. The van der Waals surface area contributed by atoms with Crippen LogP contribution in [0.3, 0.4) is 0 Å². The van der Waals surface area contributed by atoms with E-state index in [1.165, 1.54) is 12.1 Å². The van der Waals surface area contributed by atoms with Crippen LogP contribution in [0.5, 0.6) is 0 Å². The summed E-state index contributed by atoms with van der Waals surface area (Å²) in [5.74, 6) is -0.0881. The van der Waals surface area contributed by atoms with Crippen molar-refractivity contribution < 1.29 is 18.0 Å². The number of aromatic amines is 1. The lowest BCUT2D eigenvalue weighted by molar-refractivity contribution is -0.137. The van der Waals surface area contributed by atoms with Crippen LogP contribution in [0, 0.1) is 11.3 Å². The third-order valence-corrected chi connectivity index (χ3v) is 5.04. The number of alkyl halides is 3. The molecule has 0 radical (unpaired) electrons. The molecule has 0 saturated heterocycles. The Morgan fingerprint density at radius 1 is 1.06 bits per heavy atom. The van der Waals surface area contributed by atoms with Crippen LogP contribution < -0.4 is 10.6 Å². The molecular weight excluding hydrogens is 431 g/mol. The number of nitrogens with one attached hydrogen (secondary N) is 3. The normalized spacial score (nSPS) is 12.2.